The topological polar surface area (TPSA) is 55.1 Å². The smallest absolute Gasteiger partial charge is 0.220 e. The molecule has 0 aliphatic heterocycles. The maximum atomic E-state index is 11.5. The first-order valence-electron chi connectivity index (χ1n) is 5.85. The number of nitrogens with two attached hydrogens (primary N) is 1. The van der Waals surface area contributed by atoms with Crippen molar-refractivity contribution in [3.05, 3.63) is 34.3 Å². The number of amides is 1. The number of aryl methyl sites for hydroxylation is 1. The van der Waals surface area contributed by atoms with Crippen LogP contribution in [0.4, 0.5) is 0 Å². The highest BCUT2D eigenvalue weighted by atomic mass is 79.9. The minimum absolute atomic E-state index is 0. The number of rotatable bonds is 6. The molecule has 0 radical (unpaired) electrons. The third kappa shape index (κ3) is 6.99. The second-order valence-corrected chi connectivity index (χ2v) is 5.06. The lowest BCUT2D eigenvalue weighted by molar-refractivity contribution is -0.121. The lowest BCUT2D eigenvalue weighted by Gasteiger charge is -2.08. The molecule has 1 rings (SSSR count). The van der Waals surface area contributed by atoms with Gasteiger partial charge in [-0.1, -0.05) is 34.1 Å². The molecule has 5 heteroatoms. The van der Waals surface area contributed by atoms with Crippen molar-refractivity contribution < 1.29 is 4.79 Å². The fraction of sp³-hybridized carbons (Fsp3) is 0.462. The summed E-state index contributed by atoms with van der Waals surface area (Å²) in [6, 6.07) is 8.10. The average molecular weight is 336 g/mol. The van der Waals surface area contributed by atoms with E-state index < -0.39 is 0 Å². The third-order valence-corrected chi connectivity index (χ3v) is 3.27. The lowest BCUT2D eigenvalue weighted by atomic mass is 10.1. The van der Waals surface area contributed by atoms with Crippen LogP contribution in [0.15, 0.2) is 28.7 Å². The van der Waals surface area contributed by atoms with Crippen molar-refractivity contribution >= 4 is 34.2 Å². The second-order valence-electron chi connectivity index (χ2n) is 4.21. The summed E-state index contributed by atoms with van der Waals surface area (Å²) in [6.45, 7) is 2.60. The maximum absolute atomic E-state index is 11.5. The van der Waals surface area contributed by atoms with Gasteiger partial charge in [-0.2, -0.15) is 0 Å². The Balaban J connectivity index is 0.00000289. The number of benzene rings is 1. The van der Waals surface area contributed by atoms with E-state index in [-0.39, 0.29) is 24.4 Å². The molecule has 1 unspecified atom stereocenters. The maximum Gasteiger partial charge on any atom is 0.220 e. The first-order valence-corrected chi connectivity index (χ1v) is 6.64. The number of hydrogen-bond acceptors (Lipinski definition) is 2. The summed E-state index contributed by atoms with van der Waals surface area (Å²) < 4.78 is 1.06. The fourth-order valence-electron chi connectivity index (χ4n) is 1.48. The van der Waals surface area contributed by atoms with Crippen molar-refractivity contribution in [3.8, 4) is 0 Å². The van der Waals surface area contributed by atoms with Crippen molar-refractivity contribution in [1.82, 2.24) is 5.32 Å². The van der Waals surface area contributed by atoms with Gasteiger partial charge in [0.25, 0.3) is 0 Å². The minimum Gasteiger partial charge on any atom is -0.356 e. The summed E-state index contributed by atoms with van der Waals surface area (Å²) in [4.78, 5) is 11.5. The molecular weight excluding hydrogens is 316 g/mol. The molecule has 3 N–H and O–H groups in total. The van der Waals surface area contributed by atoms with E-state index in [2.05, 4.69) is 21.2 Å². The lowest BCUT2D eigenvalue weighted by Crippen LogP contribution is -2.29. The van der Waals surface area contributed by atoms with E-state index in [9.17, 15) is 4.79 Å². The van der Waals surface area contributed by atoms with Gasteiger partial charge in [0.2, 0.25) is 5.91 Å². The summed E-state index contributed by atoms with van der Waals surface area (Å²) >= 11 is 3.47. The molecule has 1 aromatic carbocycles. The summed E-state index contributed by atoms with van der Waals surface area (Å²) in [5.74, 6) is 0.0846. The molecule has 0 saturated heterocycles. The first-order chi connectivity index (χ1) is 8.09. The van der Waals surface area contributed by atoms with Gasteiger partial charge in [0.15, 0.2) is 0 Å². The van der Waals surface area contributed by atoms with Crippen LogP contribution < -0.4 is 11.1 Å². The van der Waals surface area contributed by atoms with E-state index >= 15 is 0 Å². The predicted octanol–water partition coefficient (Wildman–Crippen LogP) is 2.66. The highest BCUT2D eigenvalue weighted by Gasteiger charge is 2.04. The van der Waals surface area contributed by atoms with Crippen molar-refractivity contribution in [1.29, 1.82) is 0 Å². The van der Waals surface area contributed by atoms with Gasteiger partial charge < -0.3 is 11.1 Å². The molecule has 3 nitrogen and oxygen atoms in total. The van der Waals surface area contributed by atoms with Crippen LogP contribution in [0.2, 0.25) is 0 Å². The van der Waals surface area contributed by atoms with Gasteiger partial charge in [0, 0.05) is 23.5 Å². The Morgan fingerprint density at radius 2 is 2.11 bits per heavy atom. The van der Waals surface area contributed by atoms with E-state index in [1.165, 1.54) is 0 Å². The van der Waals surface area contributed by atoms with E-state index in [1.807, 2.05) is 31.2 Å². The number of halogens is 2. The van der Waals surface area contributed by atoms with Crippen molar-refractivity contribution in [3.63, 3.8) is 0 Å². The molecule has 1 aromatic rings. The molecule has 1 atom stereocenters. The van der Waals surface area contributed by atoms with Gasteiger partial charge in [0.05, 0.1) is 0 Å². The number of carbonyl (C=O) groups is 1. The number of nitrogens with one attached hydrogen (secondary N) is 1. The molecule has 0 aliphatic rings. The van der Waals surface area contributed by atoms with E-state index in [0.717, 1.165) is 22.9 Å². The molecule has 0 aliphatic carbocycles. The predicted molar refractivity (Wildman–Crippen MR) is 81.0 cm³/mol. The molecule has 0 spiro atoms. The van der Waals surface area contributed by atoms with Crippen molar-refractivity contribution in [2.45, 2.75) is 32.2 Å². The summed E-state index contributed by atoms with van der Waals surface area (Å²) in [5, 5.41) is 2.87. The van der Waals surface area contributed by atoms with Crippen LogP contribution in [0.1, 0.15) is 25.3 Å². The Kier molecular flexibility index (Phi) is 9.06. The van der Waals surface area contributed by atoms with Crippen molar-refractivity contribution in [2.75, 3.05) is 6.54 Å². The zero-order valence-corrected chi connectivity index (χ0v) is 12.9. The van der Waals surface area contributed by atoms with E-state index in [1.54, 1.807) is 0 Å². The molecule has 0 fully saturated rings. The van der Waals surface area contributed by atoms with Gasteiger partial charge in [-0.05, 0) is 31.4 Å². The summed E-state index contributed by atoms with van der Waals surface area (Å²) in [7, 11) is 0. The van der Waals surface area contributed by atoms with E-state index in [4.69, 9.17) is 5.73 Å². The van der Waals surface area contributed by atoms with Gasteiger partial charge in [-0.3, -0.25) is 4.79 Å². The molecule has 0 heterocycles. The molecule has 102 valence electrons. The highest BCUT2D eigenvalue weighted by molar-refractivity contribution is 9.10. The fourth-order valence-corrected chi connectivity index (χ4v) is 1.96. The quantitative estimate of drug-likeness (QED) is 0.840. The van der Waals surface area contributed by atoms with Gasteiger partial charge in [-0.15, -0.1) is 12.4 Å². The van der Waals surface area contributed by atoms with Crippen LogP contribution in [-0.2, 0) is 11.2 Å². The van der Waals surface area contributed by atoms with Crippen LogP contribution in [0.3, 0.4) is 0 Å². The van der Waals surface area contributed by atoms with Crippen LogP contribution in [-0.4, -0.2) is 18.5 Å². The Labute approximate surface area is 123 Å². The largest absolute Gasteiger partial charge is 0.356 e. The first kappa shape index (κ1) is 17.4. The van der Waals surface area contributed by atoms with Gasteiger partial charge in [0.1, 0.15) is 0 Å². The normalized spacial score (nSPS) is 11.5. The minimum atomic E-state index is 0. The Hall–Kier alpha value is -0.580. The Bertz CT molecular complexity index is 372. The second kappa shape index (κ2) is 9.36. The monoisotopic (exact) mass is 334 g/mol. The number of carbonyl (C=O) groups excluding carboxylic acids is 1. The van der Waals surface area contributed by atoms with Crippen LogP contribution >= 0.6 is 28.3 Å². The van der Waals surface area contributed by atoms with Crippen molar-refractivity contribution in [2.24, 2.45) is 5.73 Å². The molecule has 18 heavy (non-hydrogen) atoms. The number of hydrogen-bond donors (Lipinski definition) is 2. The van der Waals surface area contributed by atoms with E-state index in [0.29, 0.717) is 13.0 Å². The highest BCUT2D eigenvalue weighted by Crippen LogP contribution is 2.17. The molecule has 0 saturated carbocycles. The molecular formula is C13H20BrClN2O. The third-order valence-electron chi connectivity index (χ3n) is 2.50. The van der Waals surface area contributed by atoms with Crippen LogP contribution in [0.25, 0.3) is 0 Å². The molecule has 0 bridgehead atoms. The Morgan fingerprint density at radius 3 is 2.72 bits per heavy atom. The Morgan fingerprint density at radius 1 is 1.44 bits per heavy atom. The van der Waals surface area contributed by atoms with Crippen LogP contribution in [0.5, 0.6) is 0 Å². The average Bonchev–Trinajstić information content (AvgIpc) is 2.27. The zero-order valence-electron chi connectivity index (χ0n) is 10.5. The molecule has 1 amide bonds. The van der Waals surface area contributed by atoms with Gasteiger partial charge in [-0.25, -0.2) is 0 Å². The van der Waals surface area contributed by atoms with Gasteiger partial charge >= 0.3 is 0 Å². The zero-order chi connectivity index (χ0) is 12.7. The molecule has 0 aromatic heterocycles. The summed E-state index contributed by atoms with van der Waals surface area (Å²) in [5.41, 5.74) is 6.77. The SMILES string of the molecule is CC(N)CCNC(=O)CCc1ccccc1Br.Cl. The summed E-state index contributed by atoms with van der Waals surface area (Å²) in [6.07, 6.45) is 2.09. The standard InChI is InChI=1S/C13H19BrN2O.ClH/c1-10(15)8-9-16-13(17)7-6-11-4-2-3-5-12(11)14;/h2-5,10H,6-9,15H2,1H3,(H,16,17);1H. The van der Waals surface area contributed by atoms with Crippen LogP contribution in [0, 0.1) is 0 Å².